The van der Waals surface area contributed by atoms with Crippen LogP contribution in [0.4, 0.5) is 0 Å². The fourth-order valence-corrected chi connectivity index (χ4v) is 5.09. The number of nitriles is 1. The van der Waals surface area contributed by atoms with Crippen molar-refractivity contribution in [2.75, 3.05) is 0 Å². The molecule has 0 radical (unpaired) electrons. The van der Waals surface area contributed by atoms with Crippen LogP contribution in [0.25, 0.3) is 0 Å². The largest absolute Gasteiger partial charge is 0.198 e. The maximum absolute atomic E-state index is 9.18. The number of hydrogen-bond acceptors (Lipinski definition) is 1. The van der Waals surface area contributed by atoms with Gasteiger partial charge in [0.2, 0.25) is 0 Å². The molecule has 1 nitrogen and oxygen atoms in total. The molecule has 4 unspecified atom stereocenters. The van der Waals surface area contributed by atoms with E-state index in [2.05, 4.69) is 30.3 Å². The fraction of sp³-hybridized carbons (Fsp3) is 0.462. The fourth-order valence-electron chi connectivity index (χ4n) is 5.09. The molecule has 0 saturated heterocycles. The van der Waals surface area contributed by atoms with E-state index in [9.17, 15) is 5.26 Å². The van der Waals surface area contributed by atoms with Gasteiger partial charge >= 0.3 is 0 Å². The van der Waals surface area contributed by atoms with Crippen LogP contribution < -0.4 is 0 Å². The van der Waals surface area contributed by atoms with Gasteiger partial charge < -0.3 is 0 Å². The summed E-state index contributed by atoms with van der Waals surface area (Å²) >= 11 is 0. The molecule has 5 rings (SSSR count). The number of hydrogen-bond donors (Lipinski definition) is 0. The minimum atomic E-state index is 0.175. The molecule has 3 saturated carbocycles. The number of rotatable bonds is 0. The van der Waals surface area contributed by atoms with E-state index in [1.54, 1.807) is 11.1 Å². The van der Waals surface area contributed by atoms with Crippen LogP contribution in [0.5, 0.6) is 0 Å². The minimum absolute atomic E-state index is 0.175. The maximum Gasteiger partial charge on any atom is 0.0699 e. The molecule has 4 aliphatic rings. The van der Waals surface area contributed by atoms with Crippen molar-refractivity contribution in [1.82, 2.24) is 0 Å². The molecular weight excluding hydrogens is 170 g/mol. The normalized spacial score (nSPS) is 57.5. The minimum Gasteiger partial charge on any atom is -0.198 e. The molecule has 1 aromatic carbocycles. The summed E-state index contributed by atoms with van der Waals surface area (Å²) in [4.78, 5) is 0. The van der Waals surface area contributed by atoms with Crippen molar-refractivity contribution in [3.8, 4) is 6.07 Å². The van der Waals surface area contributed by atoms with E-state index in [1.165, 1.54) is 0 Å². The molecule has 0 N–H and O–H groups in total. The third kappa shape index (κ3) is 0.314. The van der Waals surface area contributed by atoms with Crippen molar-refractivity contribution >= 4 is 0 Å². The Morgan fingerprint density at radius 3 is 2.07 bits per heavy atom. The van der Waals surface area contributed by atoms with E-state index in [0.29, 0.717) is 0 Å². The van der Waals surface area contributed by atoms with Crippen LogP contribution in [0, 0.1) is 34.5 Å². The zero-order valence-electron chi connectivity index (χ0n) is 7.64. The highest BCUT2D eigenvalue weighted by atomic mass is 15.0. The summed E-state index contributed by atoms with van der Waals surface area (Å²) in [6.07, 6.45) is 0. The van der Waals surface area contributed by atoms with Gasteiger partial charge in [0.05, 0.1) is 11.5 Å². The molecule has 0 heterocycles. The predicted molar refractivity (Wildman–Crippen MR) is 50.4 cm³/mol. The second-order valence-corrected chi connectivity index (χ2v) is 5.30. The Hall–Kier alpha value is -1.29. The maximum atomic E-state index is 9.18. The zero-order valence-corrected chi connectivity index (χ0v) is 7.64. The standard InChI is InChI=1S/C13H9N/c14-5-13-10-8-6-3-1-2-4-7(6)9(10)12(13)11(8)13/h1-4,8-12H. The Morgan fingerprint density at radius 1 is 1.00 bits per heavy atom. The van der Waals surface area contributed by atoms with Gasteiger partial charge in [0.1, 0.15) is 0 Å². The summed E-state index contributed by atoms with van der Waals surface area (Å²) in [5.41, 5.74) is 3.33. The summed E-state index contributed by atoms with van der Waals surface area (Å²) in [5, 5.41) is 9.18. The lowest BCUT2D eigenvalue weighted by molar-refractivity contribution is 0.112. The molecule has 4 aliphatic carbocycles. The van der Waals surface area contributed by atoms with Gasteiger partial charge in [0, 0.05) is 0 Å². The predicted octanol–water partition coefficient (Wildman–Crippen LogP) is 2.27. The van der Waals surface area contributed by atoms with Crippen LogP contribution >= 0.6 is 0 Å². The highest BCUT2D eigenvalue weighted by Gasteiger charge is 2.95. The molecular formula is C13H9N. The van der Waals surface area contributed by atoms with Crippen molar-refractivity contribution in [2.45, 2.75) is 11.8 Å². The van der Waals surface area contributed by atoms with Crippen molar-refractivity contribution in [1.29, 1.82) is 5.26 Å². The number of fused-ring (bicyclic) bond motifs is 6. The Balaban J connectivity index is 1.79. The van der Waals surface area contributed by atoms with Gasteiger partial charge in [-0.2, -0.15) is 5.26 Å². The van der Waals surface area contributed by atoms with Crippen molar-refractivity contribution in [3.63, 3.8) is 0 Å². The van der Waals surface area contributed by atoms with Gasteiger partial charge in [-0.15, -0.1) is 0 Å². The third-order valence-electron chi connectivity index (χ3n) is 5.39. The summed E-state index contributed by atoms with van der Waals surface area (Å²) in [6.45, 7) is 0. The van der Waals surface area contributed by atoms with Gasteiger partial charge in [-0.1, -0.05) is 24.3 Å². The second-order valence-electron chi connectivity index (χ2n) is 5.30. The average molecular weight is 179 g/mol. The molecule has 0 aromatic heterocycles. The van der Waals surface area contributed by atoms with Crippen LogP contribution in [-0.2, 0) is 0 Å². The quantitative estimate of drug-likeness (QED) is 0.599. The SMILES string of the molecule is N#CC12C3C4c5ccccc5C3C1C42. The van der Waals surface area contributed by atoms with Gasteiger partial charge in [-0.05, 0) is 40.7 Å². The van der Waals surface area contributed by atoms with Crippen molar-refractivity contribution in [2.24, 2.45) is 23.2 Å². The summed E-state index contributed by atoms with van der Waals surface area (Å²) < 4.78 is 0. The molecule has 14 heavy (non-hydrogen) atoms. The van der Waals surface area contributed by atoms with E-state index in [-0.39, 0.29) is 5.41 Å². The van der Waals surface area contributed by atoms with Crippen LogP contribution in [-0.4, -0.2) is 0 Å². The molecule has 0 amide bonds. The Bertz CT molecular complexity index is 487. The van der Waals surface area contributed by atoms with Crippen LogP contribution in [0.3, 0.4) is 0 Å². The summed E-state index contributed by atoms with van der Waals surface area (Å²) in [6, 6.07) is 11.4. The van der Waals surface area contributed by atoms with Crippen LogP contribution in [0.1, 0.15) is 23.0 Å². The monoisotopic (exact) mass is 179 g/mol. The van der Waals surface area contributed by atoms with Crippen LogP contribution in [0.15, 0.2) is 24.3 Å². The lowest BCUT2D eigenvalue weighted by atomic mass is 9.58. The average Bonchev–Trinajstić information content (AvgIpc) is 2.52. The molecule has 4 atom stereocenters. The zero-order chi connectivity index (χ0) is 9.08. The van der Waals surface area contributed by atoms with E-state index in [4.69, 9.17) is 0 Å². The van der Waals surface area contributed by atoms with E-state index in [0.717, 1.165) is 29.6 Å². The topological polar surface area (TPSA) is 23.8 Å². The molecule has 0 bridgehead atoms. The van der Waals surface area contributed by atoms with Gasteiger partial charge in [-0.3, -0.25) is 0 Å². The second kappa shape index (κ2) is 1.42. The molecule has 66 valence electrons. The molecule has 1 heteroatoms. The summed E-state index contributed by atoms with van der Waals surface area (Å²) in [5.74, 6) is 3.80. The Morgan fingerprint density at radius 2 is 1.57 bits per heavy atom. The molecule has 3 fully saturated rings. The Labute approximate surface area is 82.4 Å². The van der Waals surface area contributed by atoms with Gasteiger partial charge in [-0.25, -0.2) is 0 Å². The van der Waals surface area contributed by atoms with E-state index in [1.807, 2.05) is 0 Å². The first-order valence-electron chi connectivity index (χ1n) is 5.41. The highest BCUT2D eigenvalue weighted by molar-refractivity contribution is 5.63. The lowest BCUT2D eigenvalue weighted by Crippen LogP contribution is -2.40. The highest BCUT2D eigenvalue weighted by Crippen LogP contribution is 2.98. The third-order valence-corrected chi connectivity index (χ3v) is 5.39. The Kier molecular flexibility index (Phi) is 0.635. The van der Waals surface area contributed by atoms with Crippen molar-refractivity contribution in [3.05, 3.63) is 35.4 Å². The smallest absolute Gasteiger partial charge is 0.0699 e. The first-order valence-corrected chi connectivity index (χ1v) is 5.41. The first-order chi connectivity index (χ1) is 6.91. The summed E-state index contributed by atoms with van der Waals surface area (Å²) in [7, 11) is 0. The van der Waals surface area contributed by atoms with Gasteiger partial charge in [0.25, 0.3) is 0 Å². The molecule has 0 spiro atoms. The van der Waals surface area contributed by atoms with Crippen molar-refractivity contribution < 1.29 is 0 Å². The first kappa shape index (κ1) is 6.24. The number of nitrogens with zero attached hydrogens (tertiary/aromatic N) is 1. The number of benzene rings is 1. The molecule has 0 aliphatic heterocycles. The van der Waals surface area contributed by atoms with Gasteiger partial charge in [0.15, 0.2) is 0 Å². The lowest BCUT2D eigenvalue weighted by Gasteiger charge is -2.42. The van der Waals surface area contributed by atoms with E-state index < -0.39 is 0 Å². The van der Waals surface area contributed by atoms with E-state index >= 15 is 0 Å². The van der Waals surface area contributed by atoms with Crippen LogP contribution in [0.2, 0.25) is 0 Å². The molecule has 1 aromatic rings.